The third kappa shape index (κ3) is 11.5. The topological polar surface area (TPSA) is 214 Å². The van der Waals surface area contributed by atoms with Crippen molar-refractivity contribution in [3.05, 3.63) is 91.9 Å². The number of ether oxygens (including phenoxy) is 1. The Morgan fingerprint density at radius 3 is 2.37 bits per heavy atom. The highest BCUT2D eigenvalue weighted by Gasteiger charge is 2.40. The van der Waals surface area contributed by atoms with Crippen LogP contribution in [0.25, 0.3) is 11.0 Å². The molecule has 0 radical (unpaired) electrons. The van der Waals surface area contributed by atoms with E-state index in [1.165, 1.54) is 18.3 Å². The second-order valence-electron chi connectivity index (χ2n) is 20.0. The number of carbonyl (C=O) groups excluding carboxylic acids is 5. The number of benzene rings is 1. The van der Waals surface area contributed by atoms with Gasteiger partial charge in [0, 0.05) is 67.7 Å². The van der Waals surface area contributed by atoms with Crippen molar-refractivity contribution in [3.63, 3.8) is 0 Å². The Kier molecular flexibility index (Phi) is 16.2. The fourth-order valence-electron chi connectivity index (χ4n) is 11.0. The average Bonchev–Trinajstić information content (AvgIpc) is 4.23. The van der Waals surface area contributed by atoms with Crippen LogP contribution in [0.4, 0.5) is 17.5 Å². The van der Waals surface area contributed by atoms with Gasteiger partial charge in [0.1, 0.15) is 34.0 Å². The number of Topliss-reactive ketones (excluding diaryl/α,β-unsaturated/α-hetero) is 1. The molecule has 9 rings (SSSR count). The molecule has 5 aromatic rings. The predicted octanol–water partition coefficient (Wildman–Crippen LogP) is 7.09. The Morgan fingerprint density at radius 1 is 0.877 bits per heavy atom. The molecule has 6 heterocycles. The lowest BCUT2D eigenvalue weighted by atomic mass is 9.83. The number of likely N-dealkylation sites (tertiary alicyclic amines) is 1. The number of pyridine rings is 2. The number of hydrogen-bond acceptors (Lipinski definition) is 15. The maximum atomic E-state index is 14.2. The quantitative estimate of drug-likeness (QED) is 0.0591. The summed E-state index contributed by atoms with van der Waals surface area (Å²) in [5, 5.41) is 12.4. The second-order valence-corrected chi connectivity index (χ2v) is 20.8. The van der Waals surface area contributed by atoms with E-state index in [1.54, 1.807) is 67.5 Å². The van der Waals surface area contributed by atoms with Gasteiger partial charge in [0.05, 0.1) is 36.1 Å². The van der Waals surface area contributed by atoms with Crippen molar-refractivity contribution in [2.24, 2.45) is 5.92 Å². The van der Waals surface area contributed by atoms with E-state index in [0.717, 1.165) is 81.3 Å². The molecule has 4 aromatic heterocycles. The molecule has 2 aliphatic carbocycles. The van der Waals surface area contributed by atoms with Crippen molar-refractivity contribution in [2.45, 2.75) is 128 Å². The van der Waals surface area contributed by atoms with Crippen LogP contribution in [-0.2, 0) is 14.4 Å². The van der Waals surface area contributed by atoms with Gasteiger partial charge in [-0.15, -0.1) is 11.3 Å². The van der Waals surface area contributed by atoms with Gasteiger partial charge in [0.25, 0.3) is 5.56 Å². The van der Waals surface area contributed by atoms with Gasteiger partial charge in [-0.2, -0.15) is 4.98 Å². The zero-order valence-corrected chi connectivity index (χ0v) is 43.2. The second kappa shape index (κ2) is 23.1. The molecule has 2 saturated heterocycles. The molecule has 18 nitrogen and oxygen atoms in total. The Bertz CT molecular complexity index is 2890. The Morgan fingerprint density at radius 2 is 1.64 bits per heavy atom. The highest BCUT2D eigenvalue weighted by atomic mass is 32.1. The first-order valence-electron chi connectivity index (χ1n) is 26.1. The molecule has 73 heavy (non-hydrogen) atoms. The molecule has 19 heteroatoms. The number of ketones is 2. The number of rotatable bonds is 18. The zero-order valence-electron chi connectivity index (χ0n) is 42.4. The number of nitrogens with zero attached hydrogens (tertiary/aromatic N) is 8. The van der Waals surface area contributed by atoms with E-state index in [2.05, 4.69) is 30.8 Å². The minimum Gasteiger partial charge on any atom is -0.494 e. The van der Waals surface area contributed by atoms with Gasteiger partial charge in [0.15, 0.2) is 5.78 Å². The van der Waals surface area contributed by atoms with Gasteiger partial charge < -0.3 is 35.4 Å². The number of anilines is 3. The van der Waals surface area contributed by atoms with Crippen molar-refractivity contribution in [2.75, 3.05) is 56.6 Å². The normalized spacial score (nSPS) is 18.5. The van der Waals surface area contributed by atoms with Crippen LogP contribution in [0.3, 0.4) is 0 Å². The van der Waals surface area contributed by atoms with Crippen LogP contribution in [-0.4, -0.2) is 122 Å². The molecule has 3 amide bonds. The van der Waals surface area contributed by atoms with Gasteiger partial charge in [-0.25, -0.2) is 15.0 Å². The van der Waals surface area contributed by atoms with Gasteiger partial charge in [0.2, 0.25) is 29.5 Å². The standard InChI is InChI=1S/C54H67N11O7S/c1-33-41-31-57-54(61-49(41)65(38-16-8-9-17-38)52(70)46(33)35(3)66)59-44-22-21-39(30-56-44)62-24-26-63(27-25-62)45(67)20-12-28-72-40-18-10-15-37(29-40)48(68)42-32-73-51(58-42)43-19-11-23-64(43)53(71)47(36-13-6-5-7-14-36)60-50(69)34(2)55-4/h10,15,18,21-22,29-32,34,36,38,43,47,55H,5-9,11-14,16-17,19-20,23-28H2,1-4H3,(H,60,69)(H,56,57,59,61)/t34?,43-,47?/m0/s1. The van der Waals surface area contributed by atoms with Crippen LogP contribution in [0.1, 0.15) is 146 Å². The van der Waals surface area contributed by atoms with Gasteiger partial charge >= 0.3 is 0 Å². The van der Waals surface area contributed by atoms with Crippen LogP contribution < -0.4 is 31.1 Å². The van der Waals surface area contributed by atoms with Gasteiger partial charge in [-0.1, -0.05) is 44.2 Å². The Balaban J connectivity index is 0.736. The fraction of sp³-hybridized carbons (Fsp3) is 0.519. The molecule has 1 aromatic carbocycles. The number of piperazine rings is 1. The van der Waals surface area contributed by atoms with Crippen molar-refractivity contribution in [3.8, 4) is 5.75 Å². The molecule has 0 spiro atoms. The summed E-state index contributed by atoms with van der Waals surface area (Å²) in [7, 11) is 1.73. The molecule has 2 aliphatic heterocycles. The molecule has 4 fully saturated rings. The zero-order chi connectivity index (χ0) is 51.2. The van der Waals surface area contributed by atoms with E-state index < -0.39 is 12.1 Å². The summed E-state index contributed by atoms with van der Waals surface area (Å²) in [4.78, 5) is 105. The highest BCUT2D eigenvalue weighted by molar-refractivity contribution is 7.10. The molecular weight excluding hydrogens is 947 g/mol. The summed E-state index contributed by atoms with van der Waals surface area (Å²) in [5.74, 6) is 0.782. The molecule has 2 unspecified atom stereocenters. The number of aryl methyl sites for hydroxylation is 1. The van der Waals surface area contributed by atoms with Crippen LogP contribution in [0.5, 0.6) is 5.75 Å². The number of aromatic nitrogens is 5. The summed E-state index contributed by atoms with van der Waals surface area (Å²) in [6.07, 6.45) is 14.7. The number of thiazole rings is 1. The van der Waals surface area contributed by atoms with E-state index in [-0.39, 0.29) is 58.4 Å². The number of fused-ring (bicyclic) bond motifs is 1. The molecular formula is C54H67N11O7S. The number of carbonyl (C=O) groups is 5. The predicted molar refractivity (Wildman–Crippen MR) is 280 cm³/mol. The Labute approximate surface area is 429 Å². The van der Waals surface area contributed by atoms with E-state index in [1.807, 2.05) is 21.9 Å². The summed E-state index contributed by atoms with van der Waals surface area (Å²) in [6.45, 7) is 8.33. The van der Waals surface area contributed by atoms with E-state index in [4.69, 9.17) is 14.7 Å². The van der Waals surface area contributed by atoms with Crippen LogP contribution >= 0.6 is 11.3 Å². The van der Waals surface area contributed by atoms with Crippen molar-refractivity contribution < 1.29 is 28.7 Å². The molecule has 3 N–H and O–H groups in total. The molecule has 3 atom stereocenters. The minimum absolute atomic E-state index is 0.0162. The highest BCUT2D eigenvalue weighted by Crippen LogP contribution is 2.37. The first-order valence-corrected chi connectivity index (χ1v) is 27.0. The lowest BCUT2D eigenvalue weighted by molar-refractivity contribution is -0.139. The monoisotopic (exact) mass is 1010 g/mol. The minimum atomic E-state index is -0.593. The van der Waals surface area contributed by atoms with E-state index >= 15 is 0 Å². The first kappa shape index (κ1) is 51.3. The average molecular weight is 1010 g/mol. The summed E-state index contributed by atoms with van der Waals surface area (Å²) >= 11 is 1.38. The number of likely N-dealkylation sites (N-methyl/N-ethyl adjacent to an activating group) is 1. The number of nitrogens with one attached hydrogen (secondary N) is 3. The molecule has 2 saturated carbocycles. The molecule has 0 bridgehead atoms. The van der Waals surface area contributed by atoms with Crippen LogP contribution in [0, 0.1) is 12.8 Å². The summed E-state index contributed by atoms with van der Waals surface area (Å²) in [5.41, 5.74) is 2.69. The van der Waals surface area contributed by atoms with Gasteiger partial charge in [-0.05, 0) is 109 Å². The van der Waals surface area contributed by atoms with Crippen molar-refractivity contribution >= 4 is 69.1 Å². The van der Waals surface area contributed by atoms with Crippen LogP contribution in [0.15, 0.2) is 59.0 Å². The summed E-state index contributed by atoms with van der Waals surface area (Å²) < 4.78 is 7.73. The fourth-order valence-corrected chi connectivity index (χ4v) is 11.9. The molecule has 386 valence electrons. The smallest absolute Gasteiger partial charge is 0.263 e. The Hall–Kier alpha value is -6.60. The van der Waals surface area contributed by atoms with Gasteiger partial charge in [-0.3, -0.25) is 33.3 Å². The largest absolute Gasteiger partial charge is 0.494 e. The molecule has 4 aliphatic rings. The lowest BCUT2D eigenvalue weighted by Gasteiger charge is -2.36. The van der Waals surface area contributed by atoms with Crippen molar-refractivity contribution in [1.82, 2.24) is 44.9 Å². The number of amides is 3. The summed E-state index contributed by atoms with van der Waals surface area (Å²) in [6, 6.07) is 9.55. The number of hydrogen-bond donors (Lipinski definition) is 3. The third-order valence-electron chi connectivity index (χ3n) is 15.2. The van der Waals surface area contributed by atoms with E-state index in [0.29, 0.717) is 97.5 Å². The maximum Gasteiger partial charge on any atom is 0.263 e. The van der Waals surface area contributed by atoms with E-state index in [9.17, 15) is 28.8 Å². The lowest BCUT2D eigenvalue weighted by Crippen LogP contribution is -2.55. The van der Waals surface area contributed by atoms with Crippen LogP contribution in [0.2, 0.25) is 0 Å². The first-order chi connectivity index (χ1) is 35.4. The van der Waals surface area contributed by atoms with Crippen molar-refractivity contribution in [1.29, 1.82) is 0 Å². The third-order valence-corrected chi connectivity index (χ3v) is 16.2. The SMILES string of the molecule is CNC(C)C(=O)NC(C(=O)N1CCC[C@H]1c1nc(C(=O)c2cccc(OCCCC(=O)N3CCN(c4ccc(Nc5ncc6c(C)c(C(C)=O)c(=O)n(C7CCCC7)c6n5)nc4)CC3)c2)cs1)C1CCCCC1. The maximum absolute atomic E-state index is 14.2.